The van der Waals surface area contributed by atoms with Crippen LogP contribution in [-0.2, 0) is 4.74 Å². The van der Waals surface area contributed by atoms with Crippen molar-refractivity contribution in [3.05, 3.63) is 39.4 Å². The third-order valence-corrected chi connectivity index (χ3v) is 3.33. The van der Waals surface area contributed by atoms with E-state index in [0.717, 1.165) is 11.3 Å². The van der Waals surface area contributed by atoms with Crippen molar-refractivity contribution in [1.82, 2.24) is 4.98 Å². The smallest absolute Gasteiger partial charge is 0.350 e. The van der Waals surface area contributed by atoms with Gasteiger partial charge in [0, 0.05) is 5.56 Å². The van der Waals surface area contributed by atoms with E-state index in [0.29, 0.717) is 0 Å². The fourth-order valence-electron chi connectivity index (χ4n) is 1.46. The summed E-state index contributed by atoms with van der Waals surface area (Å²) in [4.78, 5) is 15.9. The van der Waals surface area contributed by atoms with Gasteiger partial charge < -0.3 is 4.74 Å². The molecular formula is C12H9ClFNO2S. The van der Waals surface area contributed by atoms with E-state index in [1.165, 1.54) is 6.07 Å². The van der Waals surface area contributed by atoms with Crippen LogP contribution >= 0.6 is 22.9 Å². The number of esters is 1. The van der Waals surface area contributed by atoms with Crippen molar-refractivity contribution >= 4 is 28.9 Å². The molecule has 1 heterocycles. The number of nitrogens with zero attached hydrogens (tertiary/aromatic N) is 1. The lowest BCUT2D eigenvalue weighted by Gasteiger charge is -2.03. The Bertz CT molecular complexity index is 585. The molecule has 0 saturated heterocycles. The fraction of sp³-hybridized carbons (Fsp3) is 0.167. The number of benzene rings is 1. The number of aromatic nitrogens is 1. The molecule has 0 aliphatic heterocycles. The third-order valence-electron chi connectivity index (χ3n) is 2.19. The minimum Gasteiger partial charge on any atom is -0.462 e. The van der Waals surface area contributed by atoms with Gasteiger partial charge in [-0.3, -0.25) is 0 Å². The van der Waals surface area contributed by atoms with Gasteiger partial charge >= 0.3 is 5.97 Å². The lowest BCUT2D eigenvalue weighted by molar-refractivity contribution is 0.0532. The van der Waals surface area contributed by atoms with E-state index in [4.69, 9.17) is 16.3 Å². The molecule has 3 nitrogen and oxygen atoms in total. The number of ether oxygens (including phenoxy) is 1. The maximum Gasteiger partial charge on any atom is 0.350 e. The molecule has 2 aromatic rings. The van der Waals surface area contributed by atoms with Crippen LogP contribution in [-0.4, -0.2) is 17.6 Å². The number of carbonyl (C=O) groups is 1. The first-order chi connectivity index (χ1) is 8.63. The van der Waals surface area contributed by atoms with Gasteiger partial charge in [-0.2, -0.15) is 0 Å². The van der Waals surface area contributed by atoms with Gasteiger partial charge in [0.2, 0.25) is 0 Å². The second kappa shape index (κ2) is 5.46. The number of carbonyl (C=O) groups excluding carboxylic acids is 1. The highest BCUT2D eigenvalue weighted by Gasteiger charge is 2.21. The van der Waals surface area contributed by atoms with Crippen LogP contribution in [0.1, 0.15) is 16.6 Å². The molecule has 0 saturated carbocycles. The van der Waals surface area contributed by atoms with Crippen LogP contribution in [0.25, 0.3) is 11.3 Å². The van der Waals surface area contributed by atoms with Gasteiger partial charge in [-0.15, -0.1) is 0 Å². The molecule has 1 aromatic carbocycles. The number of thiazole rings is 1. The molecular weight excluding hydrogens is 277 g/mol. The van der Waals surface area contributed by atoms with Crippen molar-refractivity contribution in [2.24, 2.45) is 0 Å². The Kier molecular flexibility index (Phi) is 3.93. The number of halogens is 2. The van der Waals surface area contributed by atoms with Crippen LogP contribution in [0.4, 0.5) is 4.39 Å². The van der Waals surface area contributed by atoms with E-state index in [1.807, 2.05) is 0 Å². The SMILES string of the molecule is CCOC(=O)c1sc(Cl)nc1-c1ccccc1F. The molecule has 2 rings (SSSR count). The molecule has 6 heteroatoms. The average Bonchev–Trinajstić information content (AvgIpc) is 2.72. The third kappa shape index (κ3) is 2.52. The standard InChI is InChI=1S/C12H9ClFNO2S/c1-2-17-11(16)10-9(15-12(13)18-10)7-5-3-4-6-8(7)14/h3-6H,2H2,1H3. The molecule has 0 bridgehead atoms. The van der Waals surface area contributed by atoms with E-state index in [1.54, 1.807) is 25.1 Å². The van der Waals surface area contributed by atoms with Crippen LogP contribution < -0.4 is 0 Å². The maximum absolute atomic E-state index is 13.7. The summed E-state index contributed by atoms with van der Waals surface area (Å²) in [6, 6.07) is 6.08. The van der Waals surface area contributed by atoms with Crippen molar-refractivity contribution in [3.8, 4) is 11.3 Å². The Labute approximate surface area is 112 Å². The van der Waals surface area contributed by atoms with Gasteiger partial charge in [0.1, 0.15) is 16.4 Å². The molecule has 0 N–H and O–H groups in total. The molecule has 0 aliphatic carbocycles. The fourth-order valence-corrected chi connectivity index (χ4v) is 2.48. The molecule has 0 spiro atoms. The zero-order valence-electron chi connectivity index (χ0n) is 9.44. The maximum atomic E-state index is 13.7. The number of rotatable bonds is 3. The topological polar surface area (TPSA) is 39.2 Å². The summed E-state index contributed by atoms with van der Waals surface area (Å²) in [5.74, 6) is -0.995. The van der Waals surface area contributed by atoms with Crippen molar-refractivity contribution in [2.45, 2.75) is 6.92 Å². The summed E-state index contributed by atoms with van der Waals surface area (Å²) in [6.45, 7) is 1.94. The van der Waals surface area contributed by atoms with Gasteiger partial charge in [0.15, 0.2) is 4.47 Å². The van der Waals surface area contributed by atoms with Crippen LogP contribution in [0.3, 0.4) is 0 Å². The summed E-state index contributed by atoms with van der Waals surface area (Å²) in [5.41, 5.74) is 0.463. The minimum atomic E-state index is -0.542. The zero-order valence-corrected chi connectivity index (χ0v) is 11.0. The molecule has 18 heavy (non-hydrogen) atoms. The highest BCUT2D eigenvalue weighted by atomic mass is 35.5. The molecule has 0 aliphatic rings. The molecule has 0 atom stereocenters. The lowest BCUT2D eigenvalue weighted by Crippen LogP contribution is -2.04. The largest absolute Gasteiger partial charge is 0.462 e. The monoisotopic (exact) mass is 285 g/mol. The molecule has 94 valence electrons. The van der Waals surface area contributed by atoms with Crippen molar-refractivity contribution in [2.75, 3.05) is 6.61 Å². The van der Waals surface area contributed by atoms with Crippen LogP contribution in [0.5, 0.6) is 0 Å². The van der Waals surface area contributed by atoms with E-state index in [2.05, 4.69) is 4.98 Å². The first-order valence-corrected chi connectivity index (χ1v) is 6.41. The first kappa shape index (κ1) is 13.0. The summed E-state index contributed by atoms with van der Waals surface area (Å²) >= 11 is 6.77. The van der Waals surface area contributed by atoms with Gasteiger partial charge in [-0.1, -0.05) is 35.1 Å². The van der Waals surface area contributed by atoms with Crippen LogP contribution in [0.2, 0.25) is 4.47 Å². The Hall–Kier alpha value is -1.46. The second-order valence-corrected chi connectivity index (χ2v) is 4.93. The Morgan fingerprint density at radius 3 is 2.89 bits per heavy atom. The van der Waals surface area contributed by atoms with Gasteiger partial charge in [0.05, 0.1) is 6.61 Å². The molecule has 0 unspecified atom stereocenters. The predicted molar refractivity (Wildman–Crippen MR) is 68.5 cm³/mol. The predicted octanol–water partition coefficient (Wildman–Crippen LogP) is 3.78. The van der Waals surface area contributed by atoms with Crippen molar-refractivity contribution in [3.63, 3.8) is 0 Å². The van der Waals surface area contributed by atoms with Crippen LogP contribution in [0.15, 0.2) is 24.3 Å². The normalized spacial score (nSPS) is 10.4. The second-order valence-electron chi connectivity index (χ2n) is 3.34. The Morgan fingerprint density at radius 1 is 1.50 bits per heavy atom. The quantitative estimate of drug-likeness (QED) is 0.806. The zero-order chi connectivity index (χ0) is 13.1. The van der Waals surface area contributed by atoms with Crippen LogP contribution in [0, 0.1) is 5.82 Å². The van der Waals surface area contributed by atoms with E-state index >= 15 is 0 Å². The van der Waals surface area contributed by atoms with Gasteiger partial charge in [0.25, 0.3) is 0 Å². The van der Waals surface area contributed by atoms with E-state index in [-0.39, 0.29) is 27.2 Å². The van der Waals surface area contributed by atoms with E-state index < -0.39 is 11.8 Å². The molecule has 0 amide bonds. The van der Waals surface area contributed by atoms with Gasteiger partial charge in [-0.05, 0) is 19.1 Å². The molecule has 0 fully saturated rings. The van der Waals surface area contributed by atoms with Crippen molar-refractivity contribution in [1.29, 1.82) is 0 Å². The number of hydrogen-bond donors (Lipinski definition) is 0. The van der Waals surface area contributed by atoms with Crippen molar-refractivity contribution < 1.29 is 13.9 Å². The molecule has 0 radical (unpaired) electrons. The first-order valence-electron chi connectivity index (χ1n) is 5.21. The van der Waals surface area contributed by atoms with Gasteiger partial charge in [-0.25, -0.2) is 14.2 Å². The minimum absolute atomic E-state index is 0.177. The summed E-state index contributed by atoms with van der Waals surface area (Å²) in [7, 11) is 0. The van der Waals surface area contributed by atoms with E-state index in [9.17, 15) is 9.18 Å². The lowest BCUT2D eigenvalue weighted by atomic mass is 10.1. The Morgan fingerprint density at radius 2 is 2.22 bits per heavy atom. The summed E-state index contributed by atoms with van der Waals surface area (Å²) in [5, 5.41) is 0. The average molecular weight is 286 g/mol. The molecule has 1 aromatic heterocycles. The summed E-state index contributed by atoms with van der Waals surface area (Å²) in [6.07, 6.45) is 0. The Balaban J connectivity index is 2.51. The number of hydrogen-bond acceptors (Lipinski definition) is 4. The highest BCUT2D eigenvalue weighted by molar-refractivity contribution is 7.17. The summed E-state index contributed by atoms with van der Waals surface area (Å²) < 4.78 is 18.8. The highest BCUT2D eigenvalue weighted by Crippen LogP contribution is 2.32.